The van der Waals surface area contributed by atoms with E-state index < -0.39 is 0 Å². The van der Waals surface area contributed by atoms with Crippen molar-refractivity contribution in [3.05, 3.63) is 24.3 Å². The van der Waals surface area contributed by atoms with E-state index in [-0.39, 0.29) is 18.2 Å². The topological polar surface area (TPSA) is 67.9 Å². The third kappa shape index (κ3) is 6.13. The molecule has 0 aliphatic carbocycles. The molecule has 2 amide bonds. The SMILES string of the molecule is COCCCN(CCC(=O)Nc1ccccc1OC)C(C)=O. The number of nitrogens with one attached hydrogen (secondary N) is 1. The predicted octanol–water partition coefficient (Wildman–Crippen LogP) is 1.91. The van der Waals surface area contributed by atoms with Crippen LogP contribution in [0.5, 0.6) is 5.75 Å². The number of anilines is 1. The van der Waals surface area contributed by atoms with E-state index in [1.54, 1.807) is 31.3 Å². The van der Waals surface area contributed by atoms with Gasteiger partial charge in [0.05, 0.1) is 12.8 Å². The monoisotopic (exact) mass is 308 g/mol. The number of para-hydroxylation sites is 2. The number of hydrogen-bond donors (Lipinski definition) is 1. The summed E-state index contributed by atoms with van der Waals surface area (Å²) in [6.45, 7) is 3.08. The minimum Gasteiger partial charge on any atom is -0.495 e. The van der Waals surface area contributed by atoms with Gasteiger partial charge in [-0.1, -0.05) is 12.1 Å². The molecule has 0 aromatic heterocycles. The molecule has 0 fully saturated rings. The number of methoxy groups -OCH3 is 2. The van der Waals surface area contributed by atoms with Crippen molar-refractivity contribution in [3.63, 3.8) is 0 Å². The normalized spacial score (nSPS) is 10.1. The summed E-state index contributed by atoms with van der Waals surface area (Å²) in [6.07, 6.45) is 0.995. The summed E-state index contributed by atoms with van der Waals surface area (Å²) in [5.74, 6) is 0.419. The molecule has 0 bridgehead atoms. The van der Waals surface area contributed by atoms with Gasteiger partial charge < -0.3 is 19.7 Å². The average molecular weight is 308 g/mol. The lowest BCUT2D eigenvalue weighted by atomic mass is 10.2. The van der Waals surface area contributed by atoms with Crippen LogP contribution in [0.1, 0.15) is 19.8 Å². The minimum atomic E-state index is -0.150. The Morgan fingerprint density at radius 3 is 2.55 bits per heavy atom. The van der Waals surface area contributed by atoms with E-state index in [2.05, 4.69) is 5.32 Å². The molecule has 0 saturated heterocycles. The van der Waals surface area contributed by atoms with Crippen LogP contribution in [-0.2, 0) is 14.3 Å². The van der Waals surface area contributed by atoms with Gasteiger partial charge in [-0.3, -0.25) is 9.59 Å². The summed E-state index contributed by atoms with van der Waals surface area (Å²) in [7, 11) is 3.18. The van der Waals surface area contributed by atoms with E-state index >= 15 is 0 Å². The van der Waals surface area contributed by atoms with Crippen molar-refractivity contribution in [3.8, 4) is 5.75 Å². The Bertz CT molecular complexity index is 491. The first-order chi connectivity index (χ1) is 10.6. The zero-order valence-corrected chi connectivity index (χ0v) is 13.4. The molecule has 0 saturated carbocycles. The van der Waals surface area contributed by atoms with Gasteiger partial charge >= 0.3 is 0 Å². The van der Waals surface area contributed by atoms with Gasteiger partial charge in [-0.05, 0) is 18.6 Å². The van der Waals surface area contributed by atoms with Crippen molar-refractivity contribution < 1.29 is 19.1 Å². The lowest BCUT2D eigenvalue weighted by molar-refractivity contribution is -0.129. The highest BCUT2D eigenvalue weighted by Crippen LogP contribution is 2.23. The summed E-state index contributed by atoms with van der Waals surface area (Å²) >= 11 is 0. The van der Waals surface area contributed by atoms with E-state index in [1.165, 1.54) is 6.92 Å². The summed E-state index contributed by atoms with van der Waals surface area (Å²) in [5.41, 5.74) is 0.628. The van der Waals surface area contributed by atoms with Crippen molar-refractivity contribution in [2.45, 2.75) is 19.8 Å². The fraction of sp³-hybridized carbons (Fsp3) is 0.500. The molecule has 0 heterocycles. The number of ether oxygens (including phenoxy) is 2. The van der Waals surface area contributed by atoms with Crippen molar-refractivity contribution in [2.75, 3.05) is 39.2 Å². The third-order valence-electron chi connectivity index (χ3n) is 3.21. The van der Waals surface area contributed by atoms with Crippen LogP contribution < -0.4 is 10.1 Å². The molecule has 0 spiro atoms. The number of amides is 2. The van der Waals surface area contributed by atoms with Crippen LogP contribution in [0.2, 0.25) is 0 Å². The largest absolute Gasteiger partial charge is 0.495 e. The zero-order valence-electron chi connectivity index (χ0n) is 13.4. The van der Waals surface area contributed by atoms with Gasteiger partial charge in [0.1, 0.15) is 5.75 Å². The Hall–Kier alpha value is -2.08. The summed E-state index contributed by atoms with van der Waals surface area (Å²) in [5, 5.41) is 2.80. The molecule has 6 nitrogen and oxygen atoms in total. The Morgan fingerprint density at radius 1 is 1.18 bits per heavy atom. The van der Waals surface area contributed by atoms with Crippen LogP contribution in [0, 0.1) is 0 Å². The zero-order chi connectivity index (χ0) is 16.4. The number of carbonyl (C=O) groups excluding carboxylic acids is 2. The first kappa shape index (κ1) is 18.0. The molecule has 122 valence electrons. The fourth-order valence-corrected chi connectivity index (χ4v) is 2.02. The van der Waals surface area contributed by atoms with Crippen LogP contribution in [-0.4, -0.2) is 50.6 Å². The Balaban J connectivity index is 2.48. The molecule has 1 aromatic rings. The fourth-order valence-electron chi connectivity index (χ4n) is 2.02. The molecule has 1 aromatic carbocycles. The van der Waals surface area contributed by atoms with Crippen LogP contribution in [0.25, 0.3) is 0 Å². The number of nitrogens with zero attached hydrogens (tertiary/aromatic N) is 1. The van der Waals surface area contributed by atoms with Crippen LogP contribution in [0.3, 0.4) is 0 Å². The minimum absolute atomic E-state index is 0.0406. The molecule has 1 N–H and O–H groups in total. The highest BCUT2D eigenvalue weighted by atomic mass is 16.5. The van der Waals surface area contributed by atoms with Gasteiger partial charge in [0.15, 0.2) is 0 Å². The standard InChI is InChI=1S/C16H24N2O4/c1-13(19)18(10-6-12-21-2)11-9-16(20)17-14-7-4-5-8-15(14)22-3/h4-5,7-8H,6,9-12H2,1-3H3,(H,17,20). The molecule has 6 heteroatoms. The smallest absolute Gasteiger partial charge is 0.226 e. The van der Waals surface area contributed by atoms with E-state index in [4.69, 9.17) is 9.47 Å². The molecule has 0 unspecified atom stereocenters. The predicted molar refractivity (Wildman–Crippen MR) is 85.0 cm³/mol. The molecule has 0 aliphatic rings. The average Bonchev–Trinajstić information content (AvgIpc) is 2.50. The second-order valence-corrected chi connectivity index (χ2v) is 4.85. The number of hydrogen-bond acceptors (Lipinski definition) is 4. The Morgan fingerprint density at radius 2 is 1.91 bits per heavy atom. The quantitative estimate of drug-likeness (QED) is 0.708. The lowest BCUT2D eigenvalue weighted by Gasteiger charge is -2.20. The lowest BCUT2D eigenvalue weighted by Crippen LogP contribution is -2.33. The van der Waals surface area contributed by atoms with E-state index in [9.17, 15) is 9.59 Å². The summed E-state index contributed by atoms with van der Waals surface area (Å²) < 4.78 is 10.2. The highest BCUT2D eigenvalue weighted by Gasteiger charge is 2.12. The molecular formula is C16H24N2O4. The van der Waals surface area contributed by atoms with Gasteiger partial charge in [0.25, 0.3) is 0 Å². The van der Waals surface area contributed by atoms with Gasteiger partial charge in [-0.2, -0.15) is 0 Å². The molecule has 22 heavy (non-hydrogen) atoms. The van der Waals surface area contributed by atoms with Crippen LogP contribution >= 0.6 is 0 Å². The van der Waals surface area contributed by atoms with Crippen LogP contribution in [0.4, 0.5) is 5.69 Å². The van der Waals surface area contributed by atoms with Crippen molar-refractivity contribution >= 4 is 17.5 Å². The maximum atomic E-state index is 12.0. The van der Waals surface area contributed by atoms with Gasteiger partial charge in [0.2, 0.25) is 11.8 Å². The van der Waals surface area contributed by atoms with Crippen molar-refractivity contribution in [1.29, 1.82) is 0 Å². The van der Waals surface area contributed by atoms with Gasteiger partial charge in [0, 0.05) is 40.2 Å². The maximum absolute atomic E-state index is 12.0. The first-order valence-corrected chi connectivity index (χ1v) is 7.25. The number of carbonyl (C=O) groups is 2. The second kappa shape index (κ2) is 9.78. The van der Waals surface area contributed by atoms with Crippen molar-refractivity contribution in [1.82, 2.24) is 4.90 Å². The van der Waals surface area contributed by atoms with Crippen LogP contribution in [0.15, 0.2) is 24.3 Å². The highest BCUT2D eigenvalue weighted by molar-refractivity contribution is 5.92. The van der Waals surface area contributed by atoms with E-state index in [0.29, 0.717) is 31.1 Å². The molecule has 0 aliphatic heterocycles. The van der Waals surface area contributed by atoms with E-state index in [1.807, 2.05) is 12.1 Å². The van der Waals surface area contributed by atoms with Gasteiger partial charge in [-0.25, -0.2) is 0 Å². The third-order valence-corrected chi connectivity index (χ3v) is 3.21. The molecule has 0 radical (unpaired) electrons. The summed E-state index contributed by atoms with van der Waals surface area (Å²) in [4.78, 5) is 25.2. The Labute approximate surface area is 131 Å². The second-order valence-electron chi connectivity index (χ2n) is 4.85. The molecular weight excluding hydrogens is 284 g/mol. The molecule has 0 atom stereocenters. The van der Waals surface area contributed by atoms with Gasteiger partial charge in [-0.15, -0.1) is 0 Å². The number of benzene rings is 1. The first-order valence-electron chi connectivity index (χ1n) is 7.25. The maximum Gasteiger partial charge on any atom is 0.226 e. The van der Waals surface area contributed by atoms with Crippen molar-refractivity contribution in [2.24, 2.45) is 0 Å². The Kier molecular flexibility index (Phi) is 7.99. The molecule has 1 rings (SSSR count). The van der Waals surface area contributed by atoms with E-state index in [0.717, 1.165) is 6.42 Å². The number of rotatable bonds is 9. The summed E-state index contributed by atoms with van der Waals surface area (Å²) in [6, 6.07) is 7.22.